The molecule has 0 saturated heterocycles. The Hall–Kier alpha value is -3.23. The highest BCUT2D eigenvalue weighted by Gasteiger charge is 2.36. The zero-order valence-electron chi connectivity index (χ0n) is 14.4. The van der Waals surface area contributed by atoms with Gasteiger partial charge in [0.05, 0.1) is 18.4 Å². The van der Waals surface area contributed by atoms with Crippen LogP contribution in [-0.2, 0) is 20.5 Å². The van der Waals surface area contributed by atoms with Crippen molar-refractivity contribution < 1.29 is 32.3 Å². The Kier molecular flexibility index (Phi) is 5.94. The molecule has 2 aromatic rings. The third kappa shape index (κ3) is 4.30. The van der Waals surface area contributed by atoms with E-state index in [4.69, 9.17) is 0 Å². The van der Waals surface area contributed by atoms with Gasteiger partial charge in [0.25, 0.3) is 0 Å². The van der Waals surface area contributed by atoms with Crippen molar-refractivity contribution >= 4 is 29.2 Å². The number of ether oxygens (including phenoxy) is 1. The molecule has 142 valence electrons. The van der Waals surface area contributed by atoms with Crippen molar-refractivity contribution in [3.05, 3.63) is 53.7 Å². The minimum atomic E-state index is -4.81. The van der Waals surface area contributed by atoms with Gasteiger partial charge in [-0.2, -0.15) is 13.2 Å². The first-order valence-corrected chi connectivity index (χ1v) is 7.79. The van der Waals surface area contributed by atoms with Gasteiger partial charge < -0.3 is 4.74 Å². The number of alkyl halides is 3. The van der Waals surface area contributed by atoms with Gasteiger partial charge in [0, 0.05) is 6.42 Å². The van der Waals surface area contributed by atoms with Crippen molar-refractivity contribution in [3.63, 3.8) is 0 Å². The van der Waals surface area contributed by atoms with Crippen LogP contribution in [0.3, 0.4) is 0 Å². The van der Waals surface area contributed by atoms with E-state index in [9.17, 15) is 27.6 Å². The van der Waals surface area contributed by atoms with Gasteiger partial charge in [-0.05, 0) is 24.3 Å². The molecule has 0 aliphatic carbocycles. The SMILES string of the molecule is CCC(=O)c1ccc(C(F)(F)F)nc1N(C(=O)C(=O)OC)c1ccccc1. The number of benzene rings is 1. The molecule has 1 heterocycles. The molecule has 0 saturated carbocycles. The summed E-state index contributed by atoms with van der Waals surface area (Å²) in [5.74, 6) is -3.71. The molecule has 2 rings (SSSR count). The molecule has 0 radical (unpaired) electrons. The van der Waals surface area contributed by atoms with E-state index in [2.05, 4.69) is 9.72 Å². The van der Waals surface area contributed by atoms with Crippen LogP contribution >= 0.6 is 0 Å². The van der Waals surface area contributed by atoms with Gasteiger partial charge in [0.1, 0.15) is 5.69 Å². The number of esters is 1. The third-order valence-electron chi connectivity index (χ3n) is 3.58. The van der Waals surface area contributed by atoms with Crippen molar-refractivity contribution in [2.75, 3.05) is 12.0 Å². The lowest BCUT2D eigenvalue weighted by Gasteiger charge is -2.23. The van der Waals surface area contributed by atoms with Gasteiger partial charge in [-0.25, -0.2) is 9.78 Å². The average Bonchev–Trinajstić information content (AvgIpc) is 2.66. The average molecular weight is 380 g/mol. The number of halogens is 3. The fraction of sp³-hybridized carbons (Fsp3) is 0.222. The number of para-hydroxylation sites is 1. The zero-order chi connectivity index (χ0) is 20.2. The predicted octanol–water partition coefficient (Wildman–Crippen LogP) is 3.53. The molecular weight excluding hydrogens is 365 g/mol. The molecule has 0 N–H and O–H groups in total. The van der Waals surface area contributed by atoms with Crippen LogP contribution in [-0.4, -0.2) is 29.8 Å². The summed E-state index contributed by atoms with van der Waals surface area (Å²) in [6.45, 7) is 1.51. The Morgan fingerprint density at radius 2 is 1.70 bits per heavy atom. The smallest absolute Gasteiger partial charge is 0.433 e. The van der Waals surface area contributed by atoms with Crippen LogP contribution in [0, 0.1) is 0 Å². The highest BCUT2D eigenvalue weighted by Crippen LogP contribution is 2.34. The number of anilines is 2. The first-order valence-electron chi connectivity index (χ1n) is 7.79. The molecule has 0 spiro atoms. The van der Waals surface area contributed by atoms with Gasteiger partial charge in [-0.15, -0.1) is 0 Å². The Morgan fingerprint density at radius 3 is 2.22 bits per heavy atom. The number of hydrogen-bond acceptors (Lipinski definition) is 5. The molecule has 9 heteroatoms. The van der Waals surface area contributed by atoms with E-state index >= 15 is 0 Å². The molecule has 0 atom stereocenters. The van der Waals surface area contributed by atoms with Crippen LogP contribution in [0.4, 0.5) is 24.7 Å². The number of rotatable bonds is 4. The minimum Gasteiger partial charge on any atom is -0.462 e. The summed E-state index contributed by atoms with van der Waals surface area (Å²) in [5, 5.41) is 0. The molecule has 0 bridgehead atoms. The van der Waals surface area contributed by atoms with Crippen molar-refractivity contribution in [2.45, 2.75) is 19.5 Å². The number of hydrogen-bond donors (Lipinski definition) is 0. The van der Waals surface area contributed by atoms with E-state index in [-0.39, 0.29) is 17.7 Å². The maximum atomic E-state index is 13.1. The van der Waals surface area contributed by atoms with Crippen LogP contribution in [0.1, 0.15) is 29.4 Å². The monoisotopic (exact) mass is 380 g/mol. The highest BCUT2D eigenvalue weighted by atomic mass is 19.4. The van der Waals surface area contributed by atoms with Crippen molar-refractivity contribution in [1.82, 2.24) is 4.98 Å². The fourth-order valence-corrected chi connectivity index (χ4v) is 2.28. The molecule has 1 aromatic carbocycles. The number of nitrogens with zero attached hydrogens (tertiary/aromatic N) is 2. The predicted molar refractivity (Wildman–Crippen MR) is 89.5 cm³/mol. The molecule has 0 aliphatic rings. The summed E-state index contributed by atoms with van der Waals surface area (Å²) >= 11 is 0. The first-order chi connectivity index (χ1) is 12.7. The molecule has 6 nitrogen and oxygen atoms in total. The summed E-state index contributed by atoms with van der Waals surface area (Å²) < 4.78 is 43.8. The van der Waals surface area contributed by atoms with Crippen LogP contribution < -0.4 is 4.90 Å². The summed E-state index contributed by atoms with van der Waals surface area (Å²) in [7, 11) is 0.959. The van der Waals surface area contributed by atoms with Crippen molar-refractivity contribution in [1.29, 1.82) is 0 Å². The zero-order valence-corrected chi connectivity index (χ0v) is 14.4. The Balaban J connectivity index is 2.77. The number of aromatic nitrogens is 1. The summed E-state index contributed by atoms with van der Waals surface area (Å²) in [5.41, 5.74) is -1.46. The second-order valence-electron chi connectivity index (χ2n) is 5.31. The number of pyridine rings is 1. The van der Waals surface area contributed by atoms with E-state index in [1.807, 2.05) is 0 Å². The molecule has 0 fully saturated rings. The largest absolute Gasteiger partial charge is 0.462 e. The van der Waals surface area contributed by atoms with E-state index < -0.39 is 35.3 Å². The number of Topliss-reactive ketones (excluding diaryl/α,β-unsaturated/α-hetero) is 1. The number of methoxy groups -OCH3 is 1. The van der Waals surface area contributed by atoms with Crippen LogP contribution in [0.2, 0.25) is 0 Å². The second kappa shape index (κ2) is 7.98. The number of ketones is 1. The third-order valence-corrected chi connectivity index (χ3v) is 3.58. The lowest BCUT2D eigenvalue weighted by atomic mass is 10.1. The van der Waals surface area contributed by atoms with E-state index in [0.717, 1.165) is 13.2 Å². The molecular formula is C18H15F3N2O4. The van der Waals surface area contributed by atoms with Crippen LogP contribution in [0.25, 0.3) is 0 Å². The van der Waals surface area contributed by atoms with Gasteiger partial charge in [-0.3, -0.25) is 14.5 Å². The van der Waals surface area contributed by atoms with Crippen LogP contribution in [0.15, 0.2) is 42.5 Å². The lowest BCUT2D eigenvalue weighted by molar-refractivity contribution is -0.151. The summed E-state index contributed by atoms with van der Waals surface area (Å²) in [4.78, 5) is 40.6. The molecule has 0 aliphatic heterocycles. The Labute approximate surface area is 152 Å². The maximum absolute atomic E-state index is 13.1. The van der Waals surface area contributed by atoms with Crippen molar-refractivity contribution in [3.8, 4) is 0 Å². The molecule has 1 amide bonds. The number of amides is 1. The number of carbonyl (C=O) groups excluding carboxylic acids is 3. The van der Waals surface area contributed by atoms with Gasteiger partial charge in [0.15, 0.2) is 11.6 Å². The van der Waals surface area contributed by atoms with Gasteiger partial charge in [0.2, 0.25) is 0 Å². The van der Waals surface area contributed by atoms with E-state index in [0.29, 0.717) is 11.0 Å². The maximum Gasteiger partial charge on any atom is 0.433 e. The van der Waals surface area contributed by atoms with Crippen LogP contribution in [0.5, 0.6) is 0 Å². The summed E-state index contributed by atoms with van der Waals surface area (Å²) in [6, 6.07) is 9.02. The normalized spacial score (nSPS) is 11.0. The topological polar surface area (TPSA) is 76.6 Å². The molecule has 0 unspecified atom stereocenters. The minimum absolute atomic E-state index is 0.0326. The summed E-state index contributed by atoms with van der Waals surface area (Å²) in [6.07, 6.45) is -4.84. The fourth-order valence-electron chi connectivity index (χ4n) is 2.28. The Bertz CT molecular complexity index is 867. The van der Waals surface area contributed by atoms with Gasteiger partial charge in [-0.1, -0.05) is 25.1 Å². The molecule has 1 aromatic heterocycles. The second-order valence-corrected chi connectivity index (χ2v) is 5.31. The Morgan fingerprint density at radius 1 is 1.07 bits per heavy atom. The highest BCUT2D eigenvalue weighted by molar-refractivity contribution is 6.40. The molecule has 27 heavy (non-hydrogen) atoms. The first kappa shape index (κ1) is 20.1. The quantitative estimate of drug-likeness (QED) is 0.461. The number of carbonyl (C=O) groups is 3. The van der Waals surface area contributed by atoms with Crippen molar-refractivity contribution in [2.24, 2.45) is 0 Å². The standard InChI is InChI=1S/C18H15F3N2O4/c1-3-13(24)12-9-10-14(18(19,20)21)22-15(12)23(16(25)17(26)27-2)11-7-5-4-6-8-11/h4-10H,3H2,1-2H3. The van der Waals surface area contributed by atoms with Gasteiger partial charge >= 0.3 is 18.1 Å². The van der Waals surface area contributed by atoms with E-state index in [1.54, 1.807) is 6.07 Å². The lowest BCUT2D eigenvalue weighted by Crippen LogP contribution is -2.35. The van der Waals surface area contributed by atoms with E-state index in [1.165, 1.54) is 31.2 Å².